The average Bonchev–Trinajstić information content (AvgIpc) is 2.60. The Balaban J connectivity index is 1.81. The number of nitrogens with one attached hydrogen (secondary N) is 1. The number of hydrogen-bond acceptors (Lipinski definition) is 4. The Kier molecular flexibility index (Phi) is 4.67. The second kappa shape index (κ2) is 7.06. The fourth-order valence-electron chi connectivity index (χ4n) is 2.12. The molecule has 0 saturated heterocycles. The predicted molar refractivity (Wildman–Crippen MR) is 91.8 cm³/mol. The van der Waals surface area contributed by atoms with Crippen molar-refractivity contribution < 1.29 is 4.79 Å². The molecule has 2 aromatic heterocycles. The average molecular weight is 341 g/mol. The number of amides is 1. The van der Waals surface area contributed by atoms with Crippen LogP contribution in [-0.4, -0.2) is 20.7 Å². The van der Waals surface area contributed by atoms with Crippen molar-refractivity contribution >= 4 is 23.2 Å². The van der Waals surface area contributed by atoms with E-state index in [1.165, 1.54) is 6.07 Å². The van der Waals surface area contributed by atoms with Gasteiger partial charge >= 0.3 is 0 Å². The fourth-order valence-corrected chi connectivity index (χ4v) is 2.30. The fraction of sp³-hybridized carbons (Fsp3) is 0.0588. The maximum atomic E-state index is 12.2. The summed E-state index contributed by atoms with van der Waals surface area (Å²) in [6.07, 6.45) is 3.29. The van der Waals surface area contributed by atoms with E-state index < -0.39 is 0 Å². The van der Waals surface area contributed by atoms with Gasteiger partial charge in [-0.2, -0.15) is 5.10 Å². The van der Waals surface area contributed by atoms with Crippen molar-refractivity contribution in [2.75, 3.05) is 5.32 Å². The Morgan fingerprint density at radius 2 is 1.96 bits per heavy atom. The van der Waals surface area contributed by atoms with Crippen LogP contribution in [0.2, 0.25) is 5.02 Å². The maximum Gasteiger partial charge on any atom is 0.267 e. The molecule has 3 aromatic rings. The van der Waals surface area contributed by atoms with Gasteiger partial charge in [-0.1, -0.05) is 23.7 Å². The Hall–Kier alpha value is -2.99. The van der Waals surface area contributed by atoms with E-state index in [4.69, 9.17) is 11.6 Å². The minimum absolute atomic E-state index is 0.210. The van der Waals surface area contributed by atoms with Gasteiger partial charge in [-0.25, -0.2) is 4.68 Å². The third-order valence-electron chi connectivity index (χ3n) is 3.27. The molecule has 0 radical (unpaired) electrons. The maximum absolute atomic E-state index is 12.2. The van der Waals surface area contributed by atoms with Gasteiger partial charge in [0.15, 0.2) is 0 Å². The number of hydrogen-bond donors (Lipinski definition) is 1. The number of carbonyl (C=O) groups excluding carboxylic acids is 1. The monoisotopic (exact) mass is 340 g/mol. The number of aromatic nitrogens is 3. The largest absolute Gasteiger partial charge is 0.323 e. The van der Waals surface area contributed by atoms with Gasteiger partial charge in [-0.3, -0.25) is 14.6 Å². The van der Waals surface area contributed by atoms with Crippen LogP contribution >= 0.6 is 11.6 Å². The van der Waals surface area contributed by atoms with E-state index in [1.807, 2.05) is 6.07 Å². The zero-order chi connectivity index (χ0) is 16.9. The molecule has 0 atom stereocenters. The van der Waals surface area contributed by atoms with Crippen molar-refractivity contribution in [2.24, 2.45) is 0 Å². The van der Waals surface area contributed by atoms with Crippen LogP contribution in [0.3, 0.4) is 0 Å². The van der Waals surface area contributed by atoms with Crippen molar-refractivity contribution in [3.05, 3.63) is 76.3 Å². The highest BCUT2D eigenvalue weighted by Crippen LogP contribution is 2.20. The first kappa shape index (κ1) is 15.9. The number of carbonyl (C=O) groups is 1. The van der Waals surface area contributed by atoms with Crippen LogP contribution < -0.4 is 10.9 Å². The molecule has 0 saturated carbocycles. The van der Waals surface area contributed by atoms with Crippen molar-refractivity contribution in [2.45, 2.75) is 6.54 Å². The standard InChI is InChI=1S/C17H13ClN4O2/c18-13-5-1-2-6-15(13)20-16(23)11-22-17(24)8-7-14(21-22)12-4-3-9-19-10-12/h1-10H,11H2,(H,20,23). The van der Waals surface area contributed by atoms with Crippen LogP contribution in [0.5, 0.6) is 0 Å². The topological polar surface area (TPSA) is 76.9 Å². The van der Waals surface area contributed by atoms with Gasteiger partial charge in [-0.05, 0) is 30.3 Å². The number of anilines is 1. The quantitative estimate of drug-likeness (QED) is 0.792. The summed E-state index contributed by atoms with van der Waals surface area (Å²) in [5.74, 6) is -0.388. The van der Waals surface area contributed by atoms with Gasteiger partial charge in [0.05, 0.1) is 16.4 Å². The number of halogens is 1. The lowest BCUT2D eigenvalue weighted by Gasteiger charge is -2.09. The molecule has 0 unspecified atom stereocenters. The molecule has 1 amide bonds. The Morgan fingerprint density at radius 1 is 1.12 bits per heavy atom. The lowest BCUT2D eigenvalue weighted by atomic mass is 10.2. The van der Waals surface area contributed by atoms with Crippen molar-refractivity contribution in [1.82, 2.24) is 14.8 Å². The second-order valence-electron chi connectivity index (χ2n) is 4.98. The Labute approximate surface area is 142 Å². The van der Waals surface area contributed by atoms with Crippen LogP contribution in [-0.2, 0) is 11.3 Å². The highest BCUT2D eigenvalue weighted by molar-refractivity contribution is 6.33. The van der Waals surface area contributed by atoms with E-state index in [-0.39, 0.29) is 18.0 Å². The SMILES string of the molecule is O=C(Cn1nc(-c2cccnc2)ccc1=O)Nc1ccccc1Cl. The van der Waals surface area contributed by atoms with Gasteiger partial charge in [0.2, 0.25) is 5.91 Å². The Bertz CT molecular complexity index is 925. The summed E-state index contributed by atoms with van der Waals surface area (Å²) in [7, 11) is 0. The first-order chi connectivity index (χ1) is 11.6. The molecule has 0 fully saturated rings. The third kappa shape index (κ3) is 3.67. The van der Waals surface area contributed by atoms with E-state index in [0.29, 0.717) is 16.4 Å². The summed E-state index contributed by atoms with van der Waals surface area (Å²) >= 11 is 6.00. The van der Waals surface area contributed by atoms with E-state index >= 15 is 0 Å². The van der Waals surface area contributed by atoms with Crippen LogP contribution in [0.25, 0.3) is 11.3 Å². The number of nitrogens with zero attached hydrogens (tertiary/aromatic N) is 3. The molecule has 0 aliphatic heterocycles. The highest BCUT2D eigenvalue weighted by Gasteiger charge is 2.09. The summed E-state index contributed by atoms with van der Waals surface area (Å²) < 4.78 is 1.11. The molecule has 120 valence electrons. The molecule has 3 rings (SSSR count). The molecule has 0 bridgehead atoms. The second-order valence-corrected chi connectivity index (χ2v) is 5.39. The smallest absolute Gasteiger partial charge is 0.267 e. The molecule has 0 aliphatic rings. The number of pyridine rings is 1. The minimum Gasteiger partial charge on any atom is -0.323 e. The van der Waals surface area contributed by atoms with Crippen LogP contribution in [0.4, 0.5) is 5.69 Å². The van der Waals surface area contributed by atoms with E-state index in [0.717, 1.165) is 10.2 Å². The zero-order valence-electron chi connectivity index (χ0n) is 12.5. The minimum atomic E-state index is -0.388. The molecule has 0 spiro atoms. The number of para-hydroxylation sites is 1. The molecule has 0 aliphatic carbocycles. The molecule has 1 aromatic carbocycles. The number of benzene rings is 1. The molecular formula is C17H13ClN4O2. The van der Waals surface area contributed by atoms with Crippen molar-refractivity contribution in [1.29, 1.82) is 0 Å². The van der Waals surface area contributed by atoms with Gasteiger partial charge < -0.3 is 5.32 Å². The van der Waals surface area contributed by atoms with Gasteiger partial charge in [0.1, 0.15) is 6.54 Å². The number of rotatable bonds is 4. The first-order valence-electron chi connectivity index (χ1n) is 7.16. The van der Waals surface area contributed by atoms with E-state index in [1.54, 1.807) is 48.8 Å². The normalized spacial score (nSPS) is 10.4. The van der Waals surface area contributed by atoms with Crippen LogP contribution in [0, 0.1) is 0 Å². The summed E-state index contributed by atoms with van der Waals surface area (Å²) in [6, 6.07) is 13.5. The van der Waals surface area contributed by atoms with Crippen LogP contribution in [0.15, 0.2) is 65.7 Å². The van der Waals surface area contributed by atoms with Gasteiger partial charge in [0.25, 0.3) is 5.56 Å². The molecule has 6 nitrogen and oxygen atoms in total. The molecule has 24 heavy (non-hydrogen) atoms. The van der Waals surface area contributed by atoms with Crippen molar-refractivity contribution in [3.63, 3.8) is 0 Å². The molecule has 2 heterocycles. The third-order valence-corrected chi connectivity index (χ3v) is 3.59. The first-order valence-corrected chi connectivity index (χ1v) is 7.54. The molecule has 7 heteroatoms. The van der Waals surface area contributed by atoms with Gasteiger partial charge in [-0.15, -0.1) is 0 Å². The summed E-state index contributed by atoms with van der Waals surface area (Å²) in [5, 5.41) is 7.31. The lowest BCUT2D eigenvalue weighted by molar-refractivity contribution is -0.117. The summed E-state index contributed by atoms with van der Waals surface area (Å²) in [6.45, 7) is -0.210. The zero-order valence-corrected chi connectivity index (χ0v) is 13.3. The molecular weight excluding hydrogens is 328 g/mol. The van der Waals surface area contributed by atoms with E-state index in [2.05, 4.69) is 15.4 Å². The van der Waals surface area contributed by atoms with Crippen LogP contribution in [0.1, 0.15) is 0 Å². The lowest BCUT2D eigenvalue weighted by Crippen LogP contribution is -2.29. The Morgan fingerprint density at radius 3 is 2.71 bits per heavy atom. The summed E-state index contributed by atoms with van der Waals surface area (Å²) in [4.78, 5) is 28.1. The molecule has 1 N–H and O–H groups in total. The van der Waals surface area contributed by atoms with Gasteiger partial charge in [0, 0.05) is 24.0 Å². The predicted octanol–water partition coefficient (Wildman–Crippen LogP) is 2.60. The summed E-state index contributed by atoms with van der Waals surface area (Å²) in [5.41, 5.74) is 1.45. The van der Waals surface area contributed by atoms with Crippen molar-refractivity contribution in [3.8, 4) is 11.3 Å². The highest BCUT2D eigenvalue weighted by atomic mass is 35.5. The van der Waals surface area contributed by atoms with E-state index in [9.17, 15) is 9.59 Å².